The van der Waals surface area contributed by atoms with Gasteiger partial charge in [-0.05, 0) is 65.4 Å². The van der Waals surface area contributed by atoms with Crippen molar-refractivity contribution in [3.05, 3.63) is 67.6 Å². The second-order valence-electron chi connectivity index (χ2n) is 7.14. The molecule has 0 saturated heterocycles. The minimum atomic E-state index is -4.65. The topological polar surface area (TPSA) is 67.6 Å². The second kappa shape index (κ2) is 8.75. The summed E-state index contributed by atoms with van der Waals surface area (Å²) in [4.78, 5) is 4.41. The van der Waals surface area contributed by atoms with E-state index >= 15 is 0 Å². The van der Waals surface area contributed by atoms with Crippen molar-refractivity contribution in [3.8, 4) is 17.5 Å². The summed E-state index contributed by atoms with van der Waals surface area (Å²) in [5.74, 6) is 0.544. The molecular formula is C22H15ClF3IN4O. The Morgan fingerprint density at radius 3 is 2.69 bits per heavy atom. The van der Waals surface area contributed by atoms with Gasteiger partial charge in [0.25, 0.3) is 5.89 Å². The van der Waals surface area contributed by atoms with E-state index in [1.54, 1.807) is 16.7 Å². The molecule has 0 unspecified atom stereocenters. The summed E-state index contributed by atoms with van der Waals surface area (Å²) in [6, 6.07) is 11.3. The van der Waals surface area contributed by atoms with Crippen LogP contribution in [0.2, 0.25) is 5.02 Å². The number of benzene rings is 2. The van der Waals surface area contributed by atoms with Crippen molar-refractivity contribution in [2.24, 2.45) is 0 Å². The van der Waals surface area contributed by atoms with E-state index in [-0.39, 0.29) is 17.8 Å². The number of nitrogens with zero attached hydrogens (tertiary/aromatic N) is 4. The number of halogens is 5. The number of aryl methyl sites for hydroxylation is 1. The maximum atomic E-state index is 13.8. The van der Waals surface area contributed by atoms with E-state index in [4.69, 9.17) is 16.1 Å². The Balaban J connectivity index is 1.82. The molecule has 4 rings (SSSR count). The Hall–Kier alpha value is -2.58. The van der Waals surface area contributed by atoms with Gasteiger partial charge in [0.05, 0.1) is 34.3 Å². The predicted octanol–water partition coefficient (Wildman–Crippen LogP) is 6.84. The van der Waals surface area contributed by atoms with Crippen LogP contribution in [-0.2, 0) is 19.1 Å². The maximum absolute atomic E-state index is 13.8. The Bertz CT molecular complexity index is 1350. The summed E-state index contributed by atoms with van der Waals surface area (Å²) in [7, 11) is 0. The number of alkyl halides is 3. The quantitative estimate of drug-likeness (QED) is 0.246. The smallest absolute Gasteiger partial charge is 0.337 e. The highest BCUT2D eigenvalue weighted by molar-refractivity contribution is 14.1. The van der Waals surface area contributed by atoms with Gasteiger partial charge in [-0.1, -0.05) is 30.1 Å². The third-order valence-corrected chi connectivity index (χ3v) is 6.01. The molecule has 0 radical (unpaired) electrons. The maximum Gasteiger partial charge on any atom is 0.418 e. The minimum absolute atomic E-state index is 0.00984. The van der Waals surface area contributed by atoms with Crippen molar-refractivity contribution in [3.63, 3.8) is 0 Å². The first-order chi connectivity index (χ1) is 15.2. The van der Waals surface area contributed by atoms with Gasteiger partial charge in [0.15, 0.2) is 5.82 Å². The first-order valence-electron chi connectivity index (χ1n) is 9.63. The third-order valence-electron chi connectivity index (χ3n) is 5.01. The second-order valence-corrected chi connectivity index (χ2v) is 8.80. The molecule has 0 aliphatic carbocycles. The first kappa shape index (κ1) is 22.6. The molecule has 164 valence electrons. The summed E-state index contributed by atoms with van der Waals surface area (Å²) in [5, 5.41) is 13.7. The van der Waals surface area contributed by atoms with E-state index in [0.717, 1.165) is 9.99 Å². The molecule has 0 atom stereocenters. The SMILES string of the molecule is CCCc1cc2c(C(F)(F)F)c(C#N)ccc2n1Cc1noc(-c2cc(I)ccc2Cl)n1. The highest BCUT2D eigenvalue weighted by Crippen LogP contribution is 2.39. The van der Waals surface area contributed by atoms with Crippen LogP contribution in [0.15, 0.2) is 40.9 Å². The summed E-state index contributed by atoms with van der Waals surface area (Å²) < 4.78 is 49.4. The average molecular weight is 571 g/mol. The van der Waals surface area contributed by atoms with Gasteiger partial charge in [0, 0.05) is 20.2 Å². The monoisotopic (exact) mass is 570 g/mol. The van der Waals surface area contributed by atoms with Crippen molar-refractivity contribution in [2.45, 2.75) is 32.5 Å². The molecule has 0 fully saturated rings. The van der Waals surface area contributed by atoms with E-state index in [0.29, 0.717) is 34.0 Å². The van der Waals surface area contributed by atoms with E-state index in [2.05, 4.69) is 32.7 Å². The molecule has 2 heterocycles. The van der Waals surface area contributed by atoms with Gasteiger partial charge < -0.3 is 9.09 Å². The van der Waals surface area contributed by atoms with E-state index in [1.807, 2.05) is 19.1 Å². The number of aromatic nitrogens is 3. The molecule has 0 amide bonds. The molecule has 32 heavy (non-hydrogen) atoms. The zero-order valence-corrected chi connectivity index (χ0v) is 19.6. The zero-order chi connectivity index (χ0) is 23.0. The number of hydrogen-bond acceptors (Lipinski definition) is 4. The molecular weight excluding hydrogens is 556 g/mol. The molecule has 5 nitrogen and oxygen atoms in total. The van der Waals surface area contributed by atoms with Gasteiger partial charge in [0.2, 0.25) is 0 Å². The summed E-state index contributed by atoms with van der Waals surface area (Å²) in [5.41, 5.74) is 0.315. The predicted molar refractivity (Wildman–Crippen MR) is 122 cm³/mol. The standard InChI is InChI=1S/C22H15ClF3IN4O/c1-2-3-14-9-16-18(7-4-12(10-28)20(16)22(24,25)26)31(14)11-19-29-21(32-30-19)15-8-13(27)5-6-17(15)23/h4-9H,2-3,11H2,1H3. The van der Waals surface area contributed by atoms with E-state index in [9.17, 15) is 18.4 Å². The number of fused-ring (bicyclic) bond motifs is 1. The number of rotatable bonds is 5. The van der Waals surface area contributed by atoms with Gasteiger partial charge >= 0.3 is 6.18 Å². The van der Waals surface area contributed by atoms with E-state index in [1.165, 1.54) is 18.2 Å². The fourth-order valence-corrected chi connectivity index (χ4v) is 4.36. The van der Waals surface area contributed by atoms with Crippen molar-refractivity contribution >= 4 is 45.1 Å². The minimum Gasteiger partial charge on any atom is -0.337 e. The van der Waals surface area contributed by atoms with Crippen molar-refractivity contribution < 1.29 is 17.7 Å². The van der Waals surface area contributed by atoms with Crippen LogP contribution in [0.1, 0.15) is 36.0 Å². The van der Waals surface area contributed by atoms with Crippen LogP contribution in [-0.4, -0.2) is 14.7 Å². The number of hydrogen-bond donors (Lipinski definition) is 0. The summed E-state index contributed by atoms with van der Waals surface area (Å²) >= 11 is 8.39. The largest absolute Gasteiger partial charge is 0.418 e. The molecule has 0 bridgehead atoms. The normalized spacial score (nSPS) is 11.8. The zero-order valence-electron chi connectivity index (χ0n) is 16.7. The first-order valence-corrected chi connectivity index (χ1v) is 11.1. The Morgan fingerprint density at radius 2 is 2.00 bits per heavy atom. The highest BCUT2D eigenvalue weighted by atomic mass is 127. The molecule has 2 aromatic carbocycles. The lowest BCUT2D eigenvalue weighted by Crippen LogP contribution is -2.09. The molecule has 2 aromatic heterocycles. The summed E-state index contributed by atoms with van der Waals surface area (Å²) in [6.45, 7) is 2.06. The van der Waals surface area contributed by atoms with Gasteiger partial charge in [-0.2, -0.15) is 23.4 Å². The van der Waals surface area contributed by atoms with Crippen LogP contribution in [0.4, 0.5) is 13.2 Å². The van der Waals surface area contributed by atoms with Crippen LogP contribution in [0, 0.1) is 14.9 Å². The Kier molecular flexibility index (Phi) is 6.18. The molecule has 0 N–H and O–H groups in total. The molecule has 0 aliphatic rings. The molecule has 0 spiro atoms. The average Bonchev–Trinajstić information content (AvgIpc) is 3.34. The van der Waals surface area contributed by atoms with Crippen LogP contribution in [0.5, 0.6) is 0 Å². The van der Waals surface area contributed by atoms with Gasteiger partial charge in [-0.3, -0.25) is 0 Å². The van der Waals surface area contributed by atoms with Gasteiger partial charge in [-0.25, -0.2) is 0 Å². The lowest BCUT2D eigenvalue weighted by Gasteiger charge is -2.11. The summed E-state index contributed by atoms with van der Waals surface area (Å²) in [6.07, 6.45) is -3.36. The lowest BCUT2D eigenvalue weighted by atomic mass is 10.0. The third kappa shape index (κ3) is 4.21. The van der Waals surface area contributed by atoms with Gasteiger partial charge in [0.1, 0.15) is 0 Å². The molecule has 0 aliphatic heterocycles. The van der Waals surface area contributed by atoms with E-state index < -0.39 is 17.3 Å². The Morgan fingerprint density at radius 1 is 1.22 bits per heavy atom. The fourth-order valence-electron chi connectivity index (χ4n) is 3.67. The molecule has 4 aromatic rings. The number of nitriles is 1. The van der Waals surface area contributed by atoms with Gasteiger partial charge in [-0.15, -0.1) is 0 Å². The molecule has 0 saturated carbocycles. The van der Waals surface area contributed by atoms with Crippen molar-refractivity contribution in [2.75, 3.05) is 0 Å². The van der Waals surface area contributed by atoms with Crippen LogP contribution < -0.4 is 0 Å². The lowest BCUT2D eigenvalue weighted by molar-refractivity contribution is -0.136. The highest BCUT2D eigenvalue weighted by Gasteiger charge is 2.36. The Labute approximate surface area is 199 Å². The van der Waals surface area contributed by atoms with Crippen molar-refractivity contribution in [1.29, 1.82) is 5.26 Å². The van der Waals surface area contributed by atoms with Crippen LogP contribution in [0.3, 0.4) is 0 Å². The van der Waals surface area contributed by atoms with Crippen LogP contribution in [0.25, 0.3) is 22.4 Å². The fraction of sp³-hybridized carbons (Fsp3) is 0.227. The van der Waals surface area contributed by atoms with Crippen molar-refractivity contribution in [1.82, 2.24) is 14.7 Å². The van der Waals surface area contributed by atoms with Crippen LogP contribution >= 0.6 is 34.2 Å². The molecule has 10 heteroatoms.